The Morgan fingerprint density at radius 1 is 1.55 bits per heavy atom. The van der Waals surface area contributed by atoms with Crippen LogP contribution in [0.4, 0.5) is 8.39 Å². The van der Waals surface area contributed by atoms with Crippen LogP contribution in [0.5, 0.6) is 0 Å². The molecule has 0 aliphatic heterocycles. The fourth-order valence-corrected chi connectivity index (χ4v) is 2.33. The van der Waals surface area contributed by atoms with E-state index in [9.17, 15) is 16.8 Å². The van der Waals surface area contributed by atoms with Gasteiger partial charge in [0.1, 0.15) is 0 Å². The highest BCUT2D eigenvalue weighted by molar-refractivity contribution is 8.14. The van der Waals surface area contributed by atoms with Crippen LogP contribution < -0.4 is 0 Å². The monoisotopic (exact) mass is 240 g/mol. The van der Waals surface area contributed by atoms with Crippen molar-refractivity contribution in [2.75, 3.05) is 0 Å². The quantitative estimate of drug-likeness (QED) is 0.322. The van der Waals surface area contributed by atoms with Crippen molar-refractivity contribution in [1.29, 1.82) is 0 Å². The normalized spacial score (nSPS) is 11.9. The minimum absolute atomic E-state index is 1.32. The smallest absolute Gasteiger partial charge is 0.187 e. The van der Waals surface area contributed by atoms with Crippen molar-refractivity contribution < 1.29 is 16.8 Å². The fraction of sp³-hybridized carbons (Fsp3) is 0. The van der Waals surface area contributed by atoms with E-state index < -0.39 is 17.1 Å². The fourth-order valence-electron chi connectivity index (χ4n) is 0.185. The predicted molar refractivity (Wildman–Crippen MR) is 41.4 cm³/mol. The van der Waals surface area contributed by atoms with Crippen LogP contribution in [0.3, 0.4) is 0 Å². The van der Waals surface area contributed by atoms with E-state index in [2.05, 4.69) is 27.7 Å². The van der Waals surface area contributed by atoms with Crippen molar-refractivity contribution in [3.05, 3.63) is 0 Å². The summed E-state index contributed by atoms with van der Waals surface area (Å²) in [6.45, 7) is 0. The zero-order chi connectivity index (χ0) is 9.12. The van der Waals surface area contributed by atoms with E-state index in [-0.39, 0.29) is 0 Å². The van der Waals surface area contributed by atoms with E-state index >= 15 is 0 Å². The van der Waals surface area contributed by atoms with E-state index in [0.717, 1.165) is 0 Å². The molecule has 0 saturated carbocycles. The second kappa shape index (κ2) is 3.69. The third kappa shape index (κ3) is 6.52. The van der Waals surface area contributed by atoms with Gasteiger partial charge >= 0.3 is 17.1 Å². The first-order valence-electron chi connectivity index (χ1n) is 1.84. The summed E-state index contributed by atoms with van der Waals surface area (Å²) in [6.07, 6.45) is 0. The Morgan fingerprint density at radius 3 is 2.27 bits per heavy atom. The maximum atomic E-state index is 12.1. The number of nitrogens with zero attached hydrogens (tertiary/aromatic N) is 2. The van der Waals surface area contributed by atoms with Crippen molar-refractivity contribution in [3.63, 3.8) is 0 Å². The van der Waals surface area contributed by atoms with Gasteiger partial charge in [0.15, 0.2) is 0 Å². The standard InChI is InChI=1S/CClF2N2O2PS2/c2-11(7,8)6-9(3,4)5-1-10. The Bertz CT molecular complexity index is 339. The summed E-state index contributed by atoms with van der Waals surface area (Å²) >= 11 is 3.82. The van der Waals surface area contributed by atoms with Gasteiger partial charge in [-0.25, -0.2) is 0 Å². The molecule has 0 amide bonds. The van der Waals surface area contributed by atoms with E-state index in [4.69, 9.17) is 0 Å². The molecule has 0 N–H and O–H groups in total. The van der Waals surface area contributed by atoms with Gasteiger partial charge in [-0.2, -0.15) is 8.42 Å². The summed E-state index contributed by atoms with van der Waals surface area (Å²) in [6, 6.07) is 0. The van der Waals surface area contributed by atoms with Crippen molar-refractivity contribution in [2.45, 2.75) is 0 Å². The molecule has 0 aromatic heterocycles. The number of thiocarbonyl (C=S) groups is 1. The summed E-state index contributed by atoms with van der Waals surface area (Å²) in [5, 5.41) is 1.32. The Balaban J connectivity index is 5.14. The van der Waals surface area contributed by atoms with Crippen molar-refractivity contribution in [1.82, 2.24) is 0 Å². The van der Waals surface area contributed by atoms with Gasteiger partial charge in [-0.1, -0.05) is 4.15 Å². The maximum absolute atomic E-state index is 12.1. The minimum atomic E-state index is -5.25. The summed E-state index contributed by atoms with van der Waals surface area (Å²) in [5.74, 6) is 0. The summed E-state index contributed by atoms with van der Waals surface area (Å²) in [5.41, 5.74) is 0. The zero-order valence-corrected chi connectivity index (χ0v) is 7.89. The van der Waals surface area contributed by atoms with Gasteiger partial charge in [-0.15, -0.1) is 13.2 Å². The topological polar surface area (TPSA) is 58.9 Å². The van der Waals surface area contributed by atoms with Crippen LogP contribution in [-0.4, -0.2) is 13.6 Å². The SMILES string of the molecule is O=S(=O)(Cl)N=P(F)(F)N=C=S. The second-order valence-electron chi connectivity index (χ2n) is 1.14. The molecule has 0 rings (SSSR count). The first kappa shape index (κ1) is 11.1. The highest BCUT2D eigenvalue weighted by Gasteiger charge is 2.19. The van der Waals surface area contributed by atoms with Crippen LogP contribution >= 0.6 is 30.7 Å². The van der Waals surface area contributed by atoms with Crippen LogP contribution in [0.15, 0.2) is 8.91 Å². The van der Waals surface area contributed by atoms with Gasteiger partial charge in [-0.05, 0) is 12.2 Å². The highest BCUT2D eigenvalue weighted by Crippen LogP contribution is 2.55. The lowest BCUT2D eigenvalue weighted by molar-refractivity contribution is 0.610. The Kier molecular flexibility index (Phi) is 3.73. The lowest BCUT2D eigenvalue weighted by Crippen LogP contribution is -1.77. The number of hydrogen-bond donors (Lipinski definition) is 0. The van der Waals surface area contributed by atoms with Crippen molar-refractivity contribution >= 4 is 45.1 Å². The molecule has 0 bridgehead atoms. The summed E-state index contributed by atoms with van der Waals surface area (Å²) in [7, 11) is -5.45. The number of rotatable bonds is 2. The molecule has 4 nitrogen and oxygen atoms in total. The average molecular weight is 241 g/mol. The van der Waals surface area contributed by atoms with Crippen molar-refractivity contribution in [2.24, 2.45) is 8.91 Å². The highest BCUT2D eigenvalue weighted by atomic mass is 35.7. The number of halogens is 3. The van der Waals surface area contributed by atoms with E-state index in [1.54, 1.807) is 0 Å². The zero-order valence-electron chi connectivity index (χ0n) is 4.61. The van der Waals surface area contributed by atoms with Crippen LogP contribution in [-0.2, 0) is 9.24 Å². The number of isothiocyanates is 1. The lowest BCUT2D eigenvalue weighted by atomic mass is 11.8. The molecular formula is CClF2N2O2PS2. The maximum Gasteiger partial charge on any atom is 0.437 e. The molecule has 11 heavy (non-hydrogen) atoms. The Labute approximate surface area is 71.2 Å². The molecule has 0 spiro atoms. The average Bonchev–Trinajstić information content (AvgIpc) is 1.55. The molecule has 0 heterocycles. The molecule has 0 aliphatic rings. The molecule has 0 aromatic rings. The minimum Gasteiger partial charge on any atom is -0.187 e. The van der Waals surface area contributed by atoms with Gasteiger partial charge in [0.2, 0.25) is 0 Å². The molecule has 0 radical (unpaired) electrons. The second-order valence-corrected chi connectivity index (χ2v) is 5.08. The van der Waals surface area contributed by atoms with Crippen molar-refractivity contribution in [3.8, 4) is 0 Å². The van der Waals surface area contributed by atoms with E-state index in [0.29, 0.717) is 0 Å². The van der Waals surface area contributed by atoms with Gasteiger partial charge < -0.3 is 0 Å². The van der Waals surface area contributed by atoms with Crippen LogP contribution in [0.25, 0.3) is 0 Å². The molecule has 0 aromatic carbocycles. The van der Waals surface area contributed by atoms with E-state index in [1.165, 1.54) is 5.16 Å². The Morgan fingerprint density at radius 2 is 2.00 bits per heavy atom. The predicted octanol–water partition coefficient (Wildman–Crippen LogP) is 2.46. The molecule has 10 heteroatoms. The summed E-state index contributed by atoms with van der Waals surface area (Å²) < 4.78 is 48.3. The third-order valence-electron chi connectivity index (χ3n) is 0.357. The first-order valence-corrected chi connectivity index (χ1v) is 5.99. The molecule has 0 atom stereocenters. The Hall–Kier alpha value is 0.130. The largest absolute Gasteiger partial charge is 0.437 e. The molecule has 0 unspecified atom stereocenters. The molecule has 64 valence electrons. The third-order valence-corrected chi connectivity index (χ3v) is 3.05. The molecule has 0 aliphatic carbocycles. The van der Waals surface area contributed by atoms with Gasteiger partial charge in [-0.3, -0.25) is 0 Å². The molecular weight excluding hydrogens is 241 g/mol. The van der Waals surface area contributed by atoms with E-state index in [1.807, 2.05) is 4.15 Å². The van der Waals surface area contributed by atoms with Gasteiger partial charge in [0.05, 0.1) is 5.16 Å². The summed E-state index contributed by atoms with van der Waals surface area (Å²) in [4.78, 5) is 0. The van der Waals surface area contributed by atoms with Crippen LogP contribution in [0.1, 0.15) is 0 Å². The number of hydrogen-bond acceptors (Lipinski definition) is 3. The van der Waals surface area contributed by atoms with Gasteiger partial charge in [0.25, 0.3) is 0 Å². The molecule has 0 saturated heterocycles. The van der Waals surface area contributed by atoms with Crippen LogP contribution in [0, 0.1) is 0 Å². The molecule has 0 fully saturated rings. The van der Waals surface area contributed by atoms with Crippen LogP contribution in [0.2, 0.25) is 0 Å². The van der Waals surface area contributed by atoms with Gasteiger partial charge in [0, 0.05) is 10.7 Å². The first-order chi connectivity index (χ1) is 4.77. The lowest BCUT2D eigenvalue weighted by Gasteiger charge is -1.90.